The fourth-order valence-corrected chi connectivity index (χ4v) is 6.34. The molecule has 0 spiro atoms. The number of imidazole rings is 1. The van der Waals surface area contributed by atoms with Crippen LogP contribution in [0.3, 0.4) is 0 Å². The molecular formula is C40H43N3O6. The maximum Gasteiger partial charge on any atom is 0.303 e. The van der Waals surface area contributed by atoms with Crippen molar-refractivity contribution in [2.24, 2.45) is 0 Å². The molecule has 6 rings (SSSR count). The van der Waals surface area contributed by atoms with E-state index in [4.69, 9.17) is 14.6 Å². The Bertz CT molecular complexity index is 1850. The van der Waals surface area contributed by atoms with Crippen molar-refractivity contribution in [1.82, 2.24) is 14.9 Å². The number of aliphatic carboxylic acids is 1. The molecule has 9 heteroatoms. The molecule has 4 aromatic carbocycles. The van der Waals surface area contributed by atoms with Crippen molar-refractivity contribution in [2.45, 2.75) is 83.1 Å². The maximum atomic E-state index is 12.4. The van der Waals surface area contributed by atoms with Gasteiger partial charge in [-0.2, -0.15) is 0 Å². The van der Waals surface area contributed by atoms with Gasteiger partial charge in [-0.3, -0.25) is 9.59 Å². The number of para-hydroxylation sites is 2. The maximum absolute atomic E-state index is 12.4. The van der Waals surface area contributed by atoms with E-state index in [1.807, 2.05) is 73.1 Å². The molecule has 49 heavy (non-hydrogen) atoms. The average Bonchev–Trinajstić information content (AvgIpc) is 3.54. The lowest BCUT2D eigenvalue weighted by atomic mass is 9.98. The second kappa shape index (κ2) is 16.5. The number of aliphatic hydroxyl groups excluding tert-OH is 1. The van der Waals surface area contributed by atoms with E-state index in [1.54, 1.807) is 0 Å². The highest BCUT2D eigenvalue weighted by atomic mass is 16.7. The zero-order valence-corrected chi connectivity index (χ0v) is 27.5. The summed E-state index contributed by atoms with van der Waals surface area (Å²) in [5.74, 6) is -0.780. The average molecular weight is 662 g/mol. The van der Waals surface area contributed by atoms with E-state index >= 15 is 0 Å². The van der Waals surface area contributed by atoms with Crippen LogP contribution in [-0.2, 0) is 38.8 Å². The minimum Gasteiger partial charge on any atom is -0.481 e. The molecule has 5 aromatic rings. The first-order valence-electron chi connectivity index (χ1n) is 17.0. The fourth-order valence-electron chi connectivity index (χ4n) is 6.34. The lowest BCUT2D eigenvalue weighted by Gasteiger charge is -2.36. The number of hydrogen-bond donors (Lipinski definition) is 3. The summed E-state index contributed by atoms with van der Waals surface area (Å²) in [5, 5.41) is 21.3. The van der Waals surface area contributed by atoms with Gasteiger partial charge in [0.15, 0.2) is 6.29 Å². The Balaban J connectivity index is 1.14. The molecule has 1 amide bonds. The molecule has 254 valence electrons. The van der Waals surface area contributed by atoms with Crippen LogP contribution in [0.1, 0.15) is 79.6 Å². The van der Waals surface area contributed by atoms with Crippen molar-refractivity contribution in [3.8, 4) is 11.1 Å². The van der Waals surface area contributed by atoms with Crippen LogP contribution in [0.5, 0.6) is 0 Å². The van der Waals surface area contributed by atoms with E-state index in [2.05, 4.69) is 45.2 Å². The van der Waals surface area contributed by atoms with Crippen LogP contribution < -0.4 is 5.32 Å². The van der Waals surface area contributed by atoms with Gasteiger partial charge >= 0.3 is 5.97 Å². The monoisotopic (exact) mass is 661 g/mol. The predicted molar refractivity (Wildman–Crippen MR) is 187 cm³/mol. The summed E-state index contributed by atoms with van der Waals surface area (Å²) in [5.41, 5.74) is 7.86. The standard InChI is InChI=1S/C40H43N3O6/c44-26-28-17-19-30(20-18-28)37-23-34(25-43-27-42-35-13-5-6-14-36(35)43)48-40(49-37)33-12-8-11-32(22-33)31-10-7-9-29(21-31)24-41-38(45)15-3-1-2-4-16-39(46)47/h5-14,17-22,27,34,37,40,44H,1-4,15-16,23-26H2,(H,41,45)(H,46,47). The van der Waals surface area contributed by atoms with Crippen molar-refractivity contribution >= 4 is 22.9 Å². The number of hydrogen-bond acceptors (Lipinski definition) is 6. The van der Waals surface area contributed by atoms with E-state index in [0.717, 1.165) is 63.7 Å². The largest absolute Gasteiger partial charge is 0.481 e. The number of aromatic nitrogens is 2. The second-order valence-electron chi connectivity index (χ2n) is 12.6. The number of fused-ring (bicyclic) bond motifs is 1. The zero-order valence-electron chi connectivity index (χ0n) is 27.5. The van der Waals surface area contributed by atoms with Gasteiger partial charge in [0.05, 0.1) is 42.7 Å². The van der Waals surface area contributed by atoms with E-state index in [-0.39, 0.29) is 31.1 Å². The van der Waals surface area contributed by atoms with Gasteiger partial charge in [-0.05, 0) is 64.9 Å². The molecule has 3 unspecified atom stereocenters. The van der Waals surface area contributed by atoms with E-state index < -0.39 is 12.3 Å². The van der Waals surface area contributed by atoms with Gasteiger partial charge in [0.25, 0.3) is 0 Å². The highest BCUT2D eigenvalue weighted by molar-refractivity contribution is 5.76. The first-order chi connectivity index (χ1) is 23.9. The molecule has 1 fully saturated rings. The summed E-state index contributed by atoms with van der Waals surface area (Å²) in [7, 11) is 0. The van der Waals surface area contributed by atoms with Crippen molar-refractivity contribution in [2.75, 3.05) is 0 Å². The Morgan fingerprint density at radius 1 is 0.796 bits per heavy atom. The van der Waals surface area contributed by atoms with E-state index in [0.29, 0.717) is 32.4 Å². The molecule has 3 atom stereocenters. The Hall–Kier alpha value is -4.83. The number of benzene rings is 4. The Labute approximate surface area is 286 Å². The first-order valence-corrected chi connectivity index (χ1v) is 17.0. The molecule has 1 aromatic heterocycles. The molecule has 0 bridgehead atoms. The van der Waals surface area contributed by atoms with Crippen LogP contribution in [0, 0.1) is 0 Å². The number of carboxylic acids is 1. The molecule has 0 radical (unpaired) electrons. The summed E-state index contributed by atoms with van der Waals surface area (Å²) >= 11 is 0. The zero-order chi connectivity index (χ0) is 34.0. The number of amides is 1. The van der Waals surface area contributed by atoms with Crippen molar-refractivity contribution < 1.29 is 29.3 Å². The SMILES string of the molecule is O=C(O)CCCCCCC(=O)NCc1cccc(-c2cccc(C3OC(Cn4cnc5ccccc54)CC(c4ccc(CO)cc4)O3)c2)c1. The number of carboxylic acid groups (broad SMARTS) is 1. The third kappa shape index (κ3) is 9.20. The highest BCUT2D eigenvalue weighted by Crippen LogP contribution is 2.39. The van der Waals surface area contributed by atoms with Gasteiger partial charge in [-0.1, -0.05) is 85.6 Å². The number of unbranched alkanes of at least 4 members (excludes halogenated alkanes) is 3. The molecule has 0 aliphatic carbocycles. The van der Waals surface area contributed by atoms with Gasteiger partial charge in [0.2, 0.25) is 5.91 Å². The summed E-state index contributed by atoms with van der Waals surface area (Å²) < 4.78 is 15.4. The topological polar surface area (TPSA) is 123 Å². The Morgan fingerprint density at radius 3 is 2.35 bits per heavy atom. The van der Waals surface area contributed by atoms with Gasteiger partial charge < -0.3 is 29.6 Å². The van der Waals surface area contributed by atoms with Crippen molar-refractivity contribution in [1.29, 1.82) is 0 Å². The quantitative estimate of drug-likeness (QED) is 0.0994. The van der Waals surface area contributed by atoms with Gasteiger partial charge in [-0.15, -0.1) is 0 Å². The van der Waals surface area contributed by atoms with Gasteiger partial charge in [0.1, 0.15) is 0 Å². The summed E-state index contributed by atoms with van der Waals surface area (Å²) in [6, 6.07) is 32.4. The predicted octanol–water partition coefficient (Wildman–Crippen LogP) is 7.48. The summed E-state index contributed by atoms with van der Waals surface area (Å²) in [4.78, 5) is 27.7. The minimum atomic E-state index is -0.776. The molecule has 3 N–H and O–H groups in total. The number of aliphatic hydroxyl groups is 1. The molecular weight excluding hydrogens is 618 g/mol. The van der Waals surface area contributed by atoms with Gasteiger partial charge in [0, 0.05) is 31.4 Å². The minimum absolute atomic E-state index is 0.00368. The van der Waals surface area contributed by atoms with Crippen LogP contribution in [0.15, 0.2) is 103 Å². The first kappa shape index (κ1) is 34.0. The van der Waals surface area contributed by atoms with Crippen molar-refractivity contribution in [3.63, 3.8) is 0 Å². The van der Waals surface area contributed by atoms with Crippen LogP contribution >= 0.6 is 0 Å². The second-order valence-corrected chi connectivity index (χ2v) is 12.6. The van der Waals surface area contributed by atoms with Crippen LogP contribution in [0.2, 0.25) is 0 Å². The number of carbonyl (C=O) groups is 2. The Morgan fingerprint density at radius 2 is 1.55 bits per heavy atom. The van der Waals surface area contributed by atoms with Crippen LogP contribution in [0.4, 0.5) is 0 Å². The molecule has 1 saturated heterocycles. The normalized spacial score (nSPS) is 17.6. The van der Waals surface area contributed by atoms with Crippen molar-refractivity contribution in [3.05, 3.63) is 126 Å². The lowest BCUT2D eigenvalue weighted by molar-refractivity contribution is -0.252. The number of rotatable bonds is 15. The highest BCUT2D eigenvalue weighted by Gasteiger charge is 2.33. The molecule has 2 heterocycles. The van der Waals surface area contributed by atoms with Gasteiger partial charge in [-0.25, -0.2) is 4.98 Å². The fraction of sp³-hybridized carbons (Fsp3) is 0.325. The molecule has 0 saturated carbocycles. The third-order valence-electron chi connectivity index (χ3n) is 9.00. The number of ether oxygens (including phenoxy) is 2. The third-order valence-corrected chi connectivity index (χ3v) is 9.00. The molecule has 1 aliphatic rings. The smallest absolute Gasteiger partial charge is 0.303 e. The van der Waals surface area contributed by atoms with Crippen LogP contribution in [0.25, 0.3) is 22.2 Å². The van der Waals surface area contributed by atoms with E-state index in [9.17, 15) is 14.7 Å². The summed E-state index contributed by atoms with van der Waals surface area (Å²) in [6.07, 6.45) is 5.26. The summed E-state index contributed by atoms with van der Waals surface area (Å²) in [6.45, 7) is 1.05. The molecule has 9 nitrogen and oxygen atoms in total. The van der Waals surface area contributed by atoms with Crippen LogP contribution in [-0.4, -0.2) is 37.7 Å². The number of nitrogens with zero attached hydrogens (tertiary/aromatic N) is 2. The Kier molecular flexibility index (Phi) is 11.5. The molecule has 1 aliphatic heterocycles. The number of carbonyl (C=O) groups excluding carboxylic acids is 1. The number of nitrogens with one attached hydrogen (secondary N) is 1. The lowest BCUT2D eigenvalue weighted by Crippen LogP contribution is -2.32. The van der Waals surface area contributed by atoms with E-state index in [1.165, 1.54) is 0 Å².